The van der Waals surface area contributed by atoms with Crippen LogP contribution in [0.15, 0.2) is 34.9 Å². The summed E-state index contributed by atoms with van der Waals surface area (Å²) >= 11 is 6.32. The molecule has 1 fully saturated rings. The van der Waals surface area contributed by atoms with Crippen LogP contribution in [0.5, 0.6) is 0 Å². The van der Waals surface area contributed by atoms with Crippen molar-refractivity contribution in [3.05, 3.63) is 52.6 Å². The minimum absolute atomic E-state index is 0.0112. The van der Waals surface area contributed by atoms with Gasteiger partial charge in [0.2, 0.25) is 0 Å². The zero-order chi connectivity index (χ0) is 21.3. The number of carbonyl (C=O) groups is 2. The third-order valence-corrected chi connectivity index (χ3v) is 5.00. The number of carboxylic acid groups (broad SMARTS) is 1. The number of morpholine rings is 1. The molecule has 4 rings (SSSR count). The number of carbonyl (C=O) groups excluding carboxylic acids is 1. The highest BCUT2D eigenvalue weighted by Gasteiger charge is 2.23. The summed E-state index contributed by atoms with van der Waals surface area (Å²) in [5.41, 5.74) is 1.27. The predicted octanol–water partition coefficient (Wildman–Crippen LogP) is 3.53. The van der Waals surface area contributed by atoms with E-state index in [1.54, 1.807) is 23.1 Å². The highest BCUT2D eigenvalue weighted by molar-refractivity contribution is 6.35. The topological polar surface area (TPSA) is 105 Å². The quantitative estimate of drug-likeness (QED) is 0.652. The van der Waals surface area contributed by atoms with Crippen LogP contribution in [0.2, 0.25) is 5.02 Å². The number of hydrogen-bond donors (Lipinski definition) is 2. The highest BCUT2D eigenvalue weighted by Crippen LogP contribution is 2.33. The van der Waals surface area contributed by atoms with E-state index in [-0.39, 0.29) is 17.1 Å². The Morgan fingerprint density at radius 1 is 1.23 bits per heavy atom. The maximum atomic E-state index is 14.3. The molecule has 0 radical (unpaired) electrons. The van der Waals surface area contributed by atoms with Gasteiger partial charge in [-0.05, 0) is 24.3 Å². The molecule has 0 unspecified atom stereocenters. The van der Waals surface area contributed by atoms with Gasteiger partial charge in [0, 0.05) is 24.0 Å². The average Bonchev–Trinajstić information content (AvgIpc) is 3.16. The normalized spacial score (nSPS) is 14.1. The summed E-state index contributed by atoms with van der Waals surface area (Å²) in [6.07, 6.45) is -0.159. The van der Waals surface area contributed by atoms with Crippen LogP contribution in [0.4, 0.5) is 9.18 Å². The first-order valence-electron chi connectivity index (χ1n) is 9.14. The lowest BCUT2D eigenvalue weighted by Gasteiger charge is -2.27. The van der Waals surface area contributed by atoms with E-state index in [0.717, 1.165) is 6.20 Å². The molecule has 3 aromatic rings. The van der Waals surface area contributed by atoms with Crippen LogP contribution in [0.1, 0.15) is 16.1 Å². The fourth-order valence-electron chi connectivity index (χ4n) is 3.26. The van der Waals surface area contributed by atoms with Crippen LogP contribution < -0.4 is 5.32 Å². The first-order valence-corrected chi connectivity index (χ1v) is 9.52. The molecule has 0 saturated carbocycles. The van der Waals surface area contributed by atoms with E-state index in [2.05, 4.69) is 10.3 Å². The van der Waals surface area contributed by atoms with Crippen molar-refractivity contribution in [2.75, 3.05) is 26.3 Å². The number of fused-ring (bicyclic) bond motifs is 1. The number of nitrogens with one attached hydrogen (secondary N) is 1. The van der Waals surface area contributed by atoms with Crippen molar-refractivity contribution < 1.29 is 28.2 Å². The second-order valence-corrected chi connectivity index (χ2v) is 7.11. The number of hydrogen-bond acceptors (Lipinski definition) is 5. The summed E-state index contributed by atoms with van der Waals surface area (Å²) in [6, 6.07) is 6.39. The number of furan rings is 1. The summed E-state index contributed by atoms with van der Waals surface area (Å²) in [7, 11) is 0. The SMILES string of the molecule is O=C(O)NCc1cc2cc(-c3cc(C(=O)N4CCOCC4)c(F)cn3)cc(Cl)c2o1. The van der Waals surface area contributed by atoms with Gasteiger partial charge in [-0.25, -0.2) is 9.18 Å². The van der Waals surface area contributed by atoms with Crippen LogP contribution in [-0.2, 0) is 11.3 Å². The largest absolute Gasteiger partial charge is 0.465 e. The van der Waals surface area contributed by atoms with Crippen molar-refractivity contribution in [1.29, 1.82) is 0 Å². The number of nitrogens with zero attached hydrogens (tertiary/aromatic N) is 2. The Labute approximate surface area is 175 Å². The maximum absolute atomic E-state index is 14.3. The van der Waals surface area contributed by atoms with E-state index in [4.69, 9.17) is 25.9 Å². The lowest BCUT2D eigenvalue weighted by molar-refractivity contribution is 0.0300. The molecule has 1 aromatic carbocycles. The van der Waals surface area contributed by atoms with E-state index in [0.29, 0.717) is 54.3 Å². The summed E-state index contributed by atoms with van der Waals surface area (Å²) in [4.78, 5) is 29.0. The lowest BCUT2D eigenvalue weighted by atomic mass is 10.1. The molecular formula is C20H17ClFN3O5. The molecular weight excluding hydrogens is 417 g/mol. The van der Waals surface area contributed by atoms with Gasteiger partial charge >= 0.3 is 6.09 Å². The van der Waals surface area contributed by atoms with Crippen molar-refractivity contribution in [3.8, 4) is 11.3 Å². The number of benzene rings is 1. The fourth-order valence-corrected chi connectivity index (χ4v) is 3.52. The fraction of sp³-hybridized carbons (Fsp3) is 0.250. The third kappa shape index (κ3) is 4.07. The van der Waals surface area contributed by atoms with Gasteiger partial charge in [0.05, 0.1) is 42.2 Å². The van der Waals surface area contributed by atoms with E-state index in [1.165, 1.54) is 6.07 Å². The maximum Gasteiger partial charge on any atom is 0.405 e. The van der Waals surface area contributed by atoms with E-state index in [1.807, 2.05) is 0 Å². The van der Waals surface area contributed by atoms with Gasteiger partial charge in [-0.15, -0.1) is 0 Å². The molecule has 1 aliphatic rings. The molecule has 1 aliphatic heterocycles. The Morgan fingerprint density at radius 3 is 2.73 bits per heavy atom. The summed E-state index contributed by atoms with van der Waals surface area (Å²) in [5, 5.41) is 11.9. The Kier molecular flexibility index (Phi) is 5.56. The lowest BCUT2D eigenvalue weighted by Crippen LogP contribution is -2.41. The van der Waals surface area contributed by atoms with Crippen LogP contribution in [0.25, 0.3) is 22.2 Å². The molecule has 2 amide bonds. The Balaban J connectivity index is 1.67. The van der Waals surface area contributed by atoms with Crippen LogP contribution >= 0.6 is 11.6 Å². The summed E-state index contributed by atoms with van der Waals surface area (Å²) < 4.78 is 25.2. The predicted molar refractivity (Wildman–Crippen MR) is 106 cm³/mol. The van der Waals surface area contributed by atoms with Crippen LogP contribution in [0.3, 0.4) is 0 Å². The second kappa shape index (κ2) is 8.29. The van der Waals surface area contributed by atoms with Crippen molar-refractivity contribution in [1.82, 2.24) is 15.2 Å². The van der Waals surface area contributed by atoms with E-state index in [9.17, 15) is 14.0 Å². The molecule has 3 heterocycles. The van der Waals surface area contributed by atoms with Gasteiger partial charge in [-0.2, -0.15) is 0 Å². The molecule has 2 N–H and O–H groups in total. The van der Waals surface area contributed by atoms with E-state index >= 15 is 0 Å². The monoisotopic (exact) mass is 433 g/mol. The van der Waals surface area contributed by atoms with Gasteiger partial charge in [0.25, 0.3) is 5.91 Å². The number of rotatable bonds is 4. The van der Waals surface area contributed by atoms with E-state index < -0.39 is 17.8 Å². The number of halogens is 2. The van der Waals surface area contributed by atoms with Gasteiger partial charge in [-0.1, -0.05) is 11.6 Å². The third-order valence-electron chi connectivity index (χ3n) is 4.72. The van der Waals surface area contributed by atoms with Crippen molar-refractivity contribution in [3.63, 3.8) is 0 Å². The van der Waals surface area contributed by atoms with Crippen molar-refractivity contribution in [2.24, 2.45) is 0 Å². The van der Waals surface area contributed by atoms with Crippen molar-refractivity contribution in [2.45, 2.75) is 6.54 Å². The molecule has 156 valence electrons. The molecule has 30 heavy (non-hydrogen) atoms. The smallest absolute Gasteiger partial charge is 0.405 e. The number of pyridine rings is 1. The standard InChI is InChI=1S/C20H17ClFN3O5/c21-15-7-11(5-12-6-13(30-18(12)15)9-24-20(27)28)17-8-14(16(22)10-23-17)19(26)25-1-3-29-4-2-25/h5-8,10,24H,1-4,9H2,(H,27,28). The highest BCUT2D eigenvalue weighted by atomic mass is 35.5. The first-order chi connectivity index (χ1) is 14.4. The molecule has 8 nitrogen and oxygen atoms in total. The molecule has 10 heteroatoms. The molecule has 2 aromatic heterocycles. The van der Waals surface area contributed by atoms with Gasteiger partial charge in [-0.3, -0.25) is 9.78 Å². The minimum Gasteiger partial charge on any atom is -0.465 e. The van der Waals surface area contributed by atoms with Crippen molar-refractivity contribution >= 4 is 34.6 Å². The van der Waals surface area contributed by atoms with Gasteiger partial charge < -0.3 is 24.5 Å². The Bertz CT molecular complexity index is 1130. The molecule has 0 aliphatic carbocycles. The number of amides is 2. The molecule has 0 bridgehead atoms. The first kappa shape index (κ1) is 20.1. The van der Waals surface area contributed by atoms with Gasteiger partial charge in [0.1, 0.15) is 5.76 Å². The zero-order valence-electron chi connectivity index (χ0n) is 15.7. The minimum atomic E-state index is -1.17. The summed E-state index contributed by atoms with van der Waals surface area (Å²) in [5.74, 6) is -0.730. The molecule has 1 saturated heterocycles. The second-order valence-electron chi connectivity index (χ2n) is 6.70. The van der Waals surface area contributed by atoms with Crippen LogP contribution in [-0.4, -0.2) is 53.3 Å². The van der Waals surface area contributed by atoms with Gasteiger partial charge in [0.15, 0.2) is 11.4 Å². The number of ether oxygens (including phenoxy) is 1. The molecule has 0 atom stereocenters. The zero-order valence-corrected chi connectivity index (χ0v) is 16.4. The average molecular weight is 434 g/mol. The Morgan fingerprint density at radius 2 is 2.00 bits per heavy atom. The summed E-state index contributed by atoms with van der Waals surface area (Å²) in [6.45, 7) is 1.61. The molecule has 0 spiro atoms. The Hall–Kier alpha value is -3.17. The van der Waals surface area contributed by atoms with Crippen LogP contribution in [0, 0.1) is 5.82 Å². The number of aromatic nitrogens is 1.